The van der Waals surface area contributed by atoms with Crippen LogP contribution in [0.4, 0.5) is 11.5 Å². The van der Waals surface area contributed by atoms with Gasteiger partial charge in [0.05, 0.1) is 23.8 Å². The number of esters is 1. The SMILES string of the molecule is COC(=O)c1ccc(/C=N\NC(=O)c2nnn(-c3nonc3N)c2-c2ccc([N+](=O)[O-])cc2)cc1. The van der Waals surface area contributed by atoms with Crippen molar-refractivity contribution in [2.45, 2.75) is 0 Å². The van der Waals surface area contributed by atoms with E-state index in [1.165, 1.54) is 37.6 Å². The molecule has 0 saturated heterocycles. The van der Waals surface area contributed by atoms with Gasteiger partial charge in [-0.15, -0.1) is 5.10 Å². The maximum Gasteiger partial charge on any atom is 0.337 e. The lowest BCUT2D eigenvalue weighted by Crippen LogP contribution is -2.19. The Balaban J connectivity index is 1.62. The summed E-state index contributed by atoms with van der Waals surface area (Å²) in [6.45, 7) is 0. The number of nitrogens with two attached hydrogens (primary N) is 1. The first-order chi connectivity index (χ1) is 16.9. The second-order valence-corrected chi connectivity index (χ2v) is 6.79. The molecule has 4 rings (SSSR count). The third-order valence-corrected chi connectivity index (χ3v) is 4.64. The first-order valence-corrected chi connectivity index (χ1v) is 9.69. The Kier molecular flexibility index (Phi) is 6.21. The number of nitrogens with zero attached hydrogens (tertiary/aromatic N) is 7. The van der Waals surface area contributed by atoms with E-state index in [9.17, 15) is 19.7 Å². The van der Waals surface area contributed by atoms with Crippen LogP contribution in [0.5, 0.6) is 0 Å². The predicted octanol–water partition coefficient (Wildman–Crippen LogP) is 1.36. The van der Waals surface area contributed by atoms with E-state index in [-0.39, 0.29) is 28.7 Å². The molecule has 15 nitrogen and oxygen atoms in total. The smallest absolute Gasteiger partial charge is 0.337 e. The molecule has 0 fully saturated rings. The summed E-state index contributed by atoms with van der Waals surface area (Å²) < 4.78 is 10.4. The summed E-state index contributed by atoms with van der Waals surface area (Å²) in [5.41, 5.74) is 9.21. The average Bonchev–Trinajstić information content (AvgIpc) is 3.50. The van der Waals surface area contributed by atoms with Gasteiger partial charge in [-0.25, -0.2) is 14.8 Å². The number of hydrogen-bond acceptors (Lipinski definition) is 12. The van der Waals surface area contributed by atoms with Gasteiger partial charge < -0.3 is 10.5 Å². The molecule has 0 bridgehead atoms. The van der Waals surface area contributed by atoms with Crippen LogP contribution in [-0.4, -0.2) is 55.4 Å². The second-order valence-electron chi connectivity index (χ2n) is 6.79. The van der Waals surface area contributed by atoms with Crippen molar-refractivity contribution in [1.29, 1.82) is 0 Å². The molecule has 15 heteroatoms. The molecule has 2 aromatic carbocycles. The Morgan fingerprint density at radius 2 is 1.89 bits per heavy atom. The number of nitrogens with one attached hydrogen (secondary N) is 1. The number of carbonyl (C=O) groups excluding carboxylic acids is 2. The fraction of sp³-hybridized carbons (Fsp3) is 0.0500. The van der Waals surface area contributed by atoms with Gasteiger partial charge in [0.25, 0.3) is 11.6 Å². The Bertz CT molecular complexity index is 1420. The molecule has 0 aliphatic rings. The van der Waals surface area contributed by atoms with Gasteiger partial charge in [0.15, 0.2) is 5.69 Å². The van der Waals surface area contributed by atoms with E-state index in [2.05, 4.69) is 40.5 Å². The van der Waals surface area contributed by atoms with Crippen LogP contribution < -0.4 is 11.2 Å². The number of benzene rings is 2. The summed E-state index contributed by atoms with van der Waals surface area (Å²) in [7, 11) is 1.28. The van der Waals surface area contributed by atoms with Crippen molar-refractivity contribution in [3.05, 3.63) is 75.5 Å². The number of hydrazone groups is 1. The minimum atomic E-state index is -0.734. The van der Waals surface area contributed by atoms with Crippen molar-refractivity contribution in [3.8, 4) is 17.1 Å². The molecule has 176 valence electrons. The van der Waals surface area contributed by atoms with Crippen LogP contribution in [0.3, 0.4) is 0 Å². The fourth-order valence-corrected chi connectivity index (χ4v) is 2.96. The maximum atomic E-state index is 12.9. The molecule has 0 radical (unpaired) electrons. The topological polar surface area (TPSA) is 207 Å². The minimum absolute atomic E-state index is 0.0286. The van der Waals surface area contributed by atoms with Gasteiger partial charge in [0.2, 0.25) is 11.6 Å². The number of anilines is 1. The number of methoxy groups -OCH3 is 1. The van der Waals surface area contributed by atoms with Crippen molar-refractivity contribution in [2.24, 2.45) is 5.10 Å². The van der Waals surface area contributed by atoms with E-state index in [1.54, 1.807) is 24.3 Å². The molecular formula is C20H15N9O6. The number of nitro benzene ring substituents is 1. The number of ether oxygens (including phenoxy) is 1. The van der Waals surface area contributed by atoms with Gasteiger partial charge in [-0.2, -0.15) is 9.78 Å². The molecule has 1 amide bonds. The normalized spacial score (nSPS) is 10.9. The number of carbonyl (C=O) groups is 2. The van der Waals surface area contributed by atoms with Gasteiger partial charge in [-0.05, 0) is 40.1 Å². The summed E-state index contributed by atoms with van der Waals surface area (Å²) in [4.78, 5) is 34.8. The molecule has 2 aromatic heterocycles. The van der Waals surface area contributed by atoms with Crippen molar-refractivity contribution < 1.29 is 23.9 Å². The standard InChI is InChI=1S/C20H15N9O6/c1-34-20(31)13-4-2-11(3-5-13)10-22-24-19(30)15-16(12-6-8-14(9-7-12)29(32)33)28(27-23-15)18-17(21)25-35-26-18/h2-10H,1H3,(H2,21,25)(H,24,30)/b22-10-. The van der Waals surface area contributed by atoms with Gasteiger partial charge >= 0.3 is 5.97 Å². The van der Waals surface area contributed by atoms with Crippen molar-refractivity contribution in [3.63, 3.8) is 0 Å². The lowest BCUT2D eigenvalue weighted by atomic mass is 10.1. The Hall–Kier alpha value is -5.47. The third kappa shape index (κ3) is 4.68. The van der Waals surface area contributed by atoms with E-state index in [0.29, 0.717) is 16.7 Å². The quantitative estimate of drug-likeness (QED) is 0.168. The zero-order chi connectivity index (χ0) is 24.9. The van der Waals surface area contributed by atoms with Crippen LogP contribution in [0.1, 0.15) is 26.4 Å². The summed E-state index contributed by atoms with van der Waals surface area (Å²) in [5.74, 6) is -1.36. The molecule has 0 aliphatic heterocycles. The minimum Gasteiger partial charge on any atom is -0.465 e. The Morgan fingerprint density at radius 3 is 2.49 bits per heavy atom. The van der Waals surface area contributed by atoms with Crippen LogP contribution in [0.25, 0.3) is 17.1 Å². The van der Waals surface area contributed by atoms with Crippen LogP contribution in [0, 0.1) is 10.1 Å². The summed E-state index contributed by atoms with van der Waals surface area (Å²) in [6, 6.07) is 11.7. The highest BCUT2D eigenvalue weighted by Gasteiger charge is 2.25. The average molecular weight is 477 g/mol. The van der Waals surface area contributed by atoms with E-state index in [0.717, 1.165) is 4.68 Å². The Morgan fingerprint density at radius 1 is 1.17 bits per heavy atom. The highest BCUT2D eigenvalue weighted by atomic mass is 16.6. The zero-order valence-electron chi connectivity index (χ0n) is 17.9. The molecule has 0 saturated carbocycles. The number of amides is 1. The molecule has 4 aromatic rings. The fourth-order valence-electron chi connectivity index (χ4n) is 2.96. The zero-order valence-corrected chi connectivity index (χ0v) is 17.9. The molecule has 0 atom stereocenters. The summed E-state index contributed by atoms with van der Waals surface area (Å²) in [6.07, 6.45) is 1.36. The molecule has 0 aliphatic carbocycles. The highest BCUT2D eigenvalue weighted by molar-refractivity contribution is 5.99. The number of rotatable bonds is 7. The lowest BCUT2D eigenvalue weighted by molar-refractivity contribution is -0.384. The monoisotopic (exact) mass is 477 g/mol. The van der Waals surface area contributed by atoms with E-state index >= 15 is 0 Å². The van der Waals surface area contributed by atoms with Crippen LogP contribution in [-0.2, 0) is 4.74 Å². The lowest BCUT2D eigenvalue weighted by Gasteiger charge is -2.05. The predicted molar refractivity (Wildman–Crippen MR) is 119 cm³/mol. The Labute approximate surface area is 195 Å². The van der Waals surface area contributed by atoms with E-state index in [1.807, 2.05) is 0 Å². The first kappa shape index (κ1) is 22.7. The van der Waals surface area contributed by atoms with Gasteiger partial charge in [0, 0.05) is 17.7 Å². The molecule has 0 unspecified atom stereocenters. The van der Waals surface area contributed by atoms with E-state index < -0.39 is 16.8 Å². The van der Waals surface area contributed by atoms with Crippen molar-refractivity contribution in [1.82, 2.24) is 30.7 Å². The first-order valence-electron chi connectivity index (χ1n) is 9.69. The molecule has 2 heterocycles. The maximum absolute atomic E-state index is 12.9. The van der Waals surface area contributed by atoms with Gasteiger partial charge in [0.1, 0.15) is 5.69 Å². The molecular weight excluding hydrogens is 462 g/mol. The molecule has 3 N–H and O–H groups in total. The number of hydrogen-bond donors (Lipinski definition) is 2. The van der Waals surface area contributed by atoms with Crippen LogP contribution >= 0.6 is 0 Å². The number of aromatic nitrogens is 5. The van der Waals surface area contributed by atoms with Gasteiger partial charge in [-0.3, -0.25) is 14.9 Å². The van der Waals surface area contributed by atoms with Crippen molar-refractivity contribution >= 4 is 29.6 Å². The number of nitrogen functional groups attached to an aromatic ring is 1. The molecule has 35 heavy (non-hydrogen) atoms. The van der Waals surface area contributed by atoms with Crippen molar-refractivity contribution in [2.75, 3.05) is 12.8 Å². The largest absolute Gasteiger partial charge is 0.465 e. The summed E-state index contributed by atoms with van der Waals surface area (Å²) in [5, 5.41) is 29.8. The number of non-ortho nitro benzene ring substituents is 1. The highest BCUT2D eigenvalue weighted by Crippen LogP contribution is 2.28. The van der Waals surface area contributed by atoms with E-state index in [4.69, 9.17) is 5.73 Å². The van der Waals surface area contributed by atoms with Gasteiger partial charge in [-0.1, -0.05) is 17.3 Å². The second kappa shape index (κ2) is 9.57. The summed E-state index contributed by atoms with van der Waals surface area (Å²) >= 11 is 0. The van der Waals surface area contributed by atoms with Crippen LogP contribution in [0.15, 0.2) is 58.3 Å². The number of nitro groups is 1. The third-order valence-electron chi connectivity index (χ3n) is 4.64. The molecule has 0 spiro atoms. The van der Waals surface area contributed by atoms with Crippen LogP contribution in [0.2, 0.25) is 0 Å².